The van der Waals surface area contributed by atoms with Crippen molar-refractivity contribution in [2.45, 2.75) is 52.4 Å². The largest absolute Gasteiger partial charge is 0.478 e. The molecule has 2 aromatic heterocycles. The highest BCUT2D eigenvalue weighted by Crippen LogP contribution is 2.21. The maximum atomic E-state index is 5.85. The van der Waals surface area contributed by atoms with Gasteiger partial charge in [-0.05, 0) is 44.7 Å². The van der Waals surface area contributed by atoms with Crippen LogP contribution in [0.5, 0.6) is 5.88 Å². The van der Waals surface area contributed by atoms with Gasteiger partial charge in [-0.2, -0.15) is 0 Å². The molecule has 0 aliphatic heterocycles. The van der Waals surface area contributed by atoms with Crippen molar-refractivity contribution >= 4 is 22.2 Å². The lowest BCUT2D eigenvalue weighted by Crippen LogP contribution is -2.00. The summed E-state index contributed by atoms with van der Waals surface area (Å²) in [5.41, 5.74) is 3.38. The second-order valence-corrected chi connectivity index (χ2v) is 7.49. The number of aromatic nitrogens is 2. The fraction of sp³-hybridized carbons (Fsp3) is 0.429. The highest BCUT2D eigenvalue weighted by atomic mass is 32.1. The fourth-order valence-electron chi connectivity index (χ4n) is 3.00. The number of benzene rings is 1. The van der Waals surface area contributed by atoms with Gasteiger partial charge in [-0.3, -0.25) is 0 Å². The van der Waals surface area contributed by atoms with Gasteiger partial charge in [0.1, 0.15) is 0 Å². The number of rotatable bonds is 9. The van der Waals surface area contributed by atoms with Crippen molar-refractivity contribution in [2.24, 2.45) is 0 Å². The van der Waals surface area contributed by atoms with Gasteiger partial charge in [0.25, 0.3) is 0 Å². The lowest BCUT2D eigenvalue weighted by molar-refractivity contribution is 0.294. The number of hydrogen-bond acceptors (Lipinski definition) is 4. The molecule has 25 heavy (non-hydrogen) atoms. The Kier molecular flexibility index (Phi) is 6.40. The molecule has 4 heteroatoms. The first-order valence-corrected chi connectivity index (χ1v) is 10.0. The second-order valence-electron chi connectivity index (χ2n) is 6.54. The molecule has 0 radical (unpaired) electrons. The smallest absolute Gasteiger partial charge is 0.214 e. The van der Waals surface area contributed by atoms with Gasteiger partial charge in [-0.15, -0.1) is 11.3 Å². The number of hydrogen-bond donors (Lipinski definition) is 0. The molecule has 2 heterocycles. The lowest BCUT2D eigenvalue weighted by atomic mass is 10.1. The minimum Gasteiger partial charge on any atom is -0.478 e. The quantitative estimate of drug-likeness (QED) is 0.450. The Morgan fingerprint density at radius 2 is 1.76 bits per heavy atom. The monoisotopic (exact) mass is 354 g/mol. The maximum absolute atomic E-state index is 5.85. The van der Waals surface area contributed by atoms with Crippen LogP contribution >= 0.6 is 11.3 Å². The lowest BCUT2D eigenvalue weighted by Gasteiger charge is -2.08. The molecule has 1 aromatic carbocycles. The fourth-order valence-corrected chi connectivity index (χ4v) is 3.81. The van der Waals surface area contributed by atoms with Crippen LogP contribution in [0.3, 0.4) is 0 Å². The standard InChI is InChI=1S/C21H26N2OS/c1-16-14-20(23-19-11-8-7-10-18(16)19)24-13-9-5-3-4-6-12-21-22-17(2)15-25-21/h7-8,10-11,14-15H,3-6,9,12-13H2,1-2H3. The Morgan fingerprint density at radius 3 is 2.60 bits per heavy atom. The van der Waals surface area contributed by atoms with E-state index in [-0.39, 0.29) is 0 Å². The van der Waals surface area contributed by atoms with E-state index in [4.69, 9.17) is 4.74 Å². The molecule has 0 saturated carbocycles. The summed E-state index contributed by atoms with van der Waals surface area (Å²) in [6, 6.07) is 10.3. The van der Waals surface area contributed by atoms with Gasteiger partial charge in [0, 0.05) is 22.5 Å². The molecule has 0 bridgehead atoms. The third kappa shape index (κ3) is 5.27. The molecule has 3 rings (SSSR count). The Bertz CT molecular complexity index is 813. The molecule has 0 aliphatic carbocycles. The van der Waals surface area contributed by atoms with E-state index in [0.29, 0.717) is 0 Å². The molecular weight excluding hydrogens is 328 g/mol. The van der Waals surface area contributed by atoms with Gasteiger partial charge in [0.05, 0.1) is 17.1 Å². The number of ether oxygens (including phenoxy) is 1. The molecular formula is C21H26N2OS. The van der Waals surface area contributed by atoms with E-state index in [1.165, 1.54) is 41.6 Å². The van der Waals surface area contributed by atoms with E-state index in [2.05, 4.69) is 35.3 Å². The SMILES string of the molecule is Cc1csc(CCCCCCCOc2cc(C)c3ccccc3n2)n1. The summed E-state index contributed by atoms with van der Waals surface area (Å²) >= 11 is 1.78. The summed E-state index contributed by atoms with van der Waals surface area (Å²) in [6.07, 6.45) is 7.19. The van der Waals surface area contributed by atoms with Crippen molar-refractivity contribution in [1.29, 1.82) is 0 Å². The molecule has 3 nitrogen and oxygen atoms in total. The average Bonchev–Trinajstić information content (AvgIpc) is 3.02. The number of aryl methyl sites for hydroxylation is 3. The van der Waals surface area contributed by atoms with Crippen LogP contribution in [0.1, 0.15) is 48.4 Å². The molecule has 0 saturated heterocycles. The second kappa shape index (κ2) is 8.95. The topological polar surface area (TPSA) is 35.0 Å². The molecule has 0 atom stereocenters. The average molecular weight is 355 g/mol. The van der Waals surface area contributed by atoms with E-state index in [9.17, 15) is 0 Å². The van der Waals surface area contributed by atoms with Crippen LogP contribution in [0.2, 0.25) is 0 Å². The normalized spacial score (nSPS) is 11.1. The van der Waals surface area contributed by atoms with Gasteiger partial charge in [0.2, 0.25) is 5.88 Å². The van der Waals surface area contributed by atoms with Gasteiger partial charge in [-0.25, -0.2) is 9.97 Å². The molecule has 0 spiro atoms. The van der Waals surface area contributed by atoms with E-state index in [0.717, 1.165) is 36.5 Å². The van der Waals surface area contributed by atoms with Crippen molar-refractivity contribution in [2.75, 3.05) is 6.61 Å². The Balaban J connectivity index is 1.32. The summed E-state index contributed by atoms with van der Waals surface area (Å²) < 4.78 is 5.85. The molecule has 0 N–H and O–H groups in total. The summed E-state index contributed by atoms with van der Waals surface area (Å²) in [4.78, 5) is 9.10. The van der Waals surface area contributed by atoms with Gasteiger partial charge < -0.3 is 4.74 Å². The first-order chi connectivity index (χ1) is 12.2. The van der Waals surface area contributed by atoms with Crippen molar-refractivity contribution < 1.29 is 4.74 Å². The van der Waals surface area contributed by atoms with Gasteiger partial charge in [-0.1, -0.05) is 37.5 Å². The van der Waals surface area contributed by atoms with Crippen molar-refractivity contribution in [3.63, 3.8) is 0 Å². The first kappa shape index (κ1) is 17.9. The highest BCUT2D eigenvalue weighted by molar-refractivity contribution is 7.09. The third-order valence-corrected chi connectivity index (χ3v) is 5.38. The molecule has 132 valence electrons. The molecule has 0 aliphatic rings. The van der Waals surface area contributed by atoms with Crippen LogP contribution < -0.4 is 4.74 Å². The third-order valence-electron chi connectivity index (χ3n) is 4.35. The molecule has 0 fully saturated rings. The van der Waals surface area contributed by atoms with Crippen LogP contribution in [-0.2, 0) is 6.42 Å². The van der Waals surface area contributed by atoms with Crippen molar-refractivity contribution in [3.8, 4) is 5.88 Å². The number of thiazole rings is 1. The summed E-state index contributed by atoms with van der Waals surface area (Å²) in [5.74, 6) is 0.746. The zero-order valence-corrected chi connectivity index (χ0v) is 15.9. The van der Waals surface area contributed by atoms with Crippen LogP contribution in [0.15, 0.2) is 35.7 Å². The van der Waals surface area contributed by atoms with Crippen molar-refractivity contribution in [1.82, 2.24) is 9.97 Å². The first-order valence-electron chi connectivity index (χ1n) is 9.12. The number of pyridine rings is 1. The predicted octanol–water partition coefficient (Wildman–Crippen LogP) is 5.88. The molecule has 0 amide bonds. The Hall–Kier alpha value is -1.94. The van der Waals surface area contributed by atoms with Crippen LogP contribution in [-0.4, -0.2) is 16.6 Å². The molecule has 0 unspecified atom stereocenters. The van der Waals surface area contributed by atoms with E-state index >= 15 is 0 Å². The van der Waals surface area contributed by atoms with Crippen molar-refractivity contribution in [3.05, 3.63) is 52.0 Å². The Labute approximate surface area is 154 Å². The minimum absolute atomic E-state index is 0.746. The highest BCUT2D eigenvalue weighted by Gasteiger charge is 2.03. The number of unbranched alkanes of at least 4 members (excludes halogenated alkanes) is 4. The zero-order valence-electron chi connectivity index (χ0n) is 15.1. The van der Waals surface area contributed by atoms with Gasteiger partial charge >= 0.3 is 0 Å². The Morgan fingerprint density at radius 1 is 0.960 bits per heavy atom. The summed E-state index contributed by atoms with van der Waals surface area (Å²) in [7, 11) is 0. The van der Waals surface area contributed by atoms with Crippen LogP contribution in [0.25, 0.3) is 10.9 Å². The number of fused-ring (bicyclic) bond motifs is 1. The van der Waals surface area contributed by atoms with E-state index in [1.54, 1.807) is 11.3 Å². The van der Waals surface area contributed by atoms with E-state index < -0.39 is 0 Å². The van der Waals surface area contributed by atoms with E-state index in [1.807, 2.05) is 24.3 Å². The van der Waals surface area contributed by atoms with Crippen LogP contribution in [0, 0.1) is 13.8 Å². The molecule has 3 aromatic rings. The van der Waals surface area contributed by atoms with Crippen LogP contribution in [0.4, 0.5) is 0 Å². The minimum atomic E-state index is 0.746. The maximum Gasteiger partial charge on any atom is 0.214 e. The summed E-state index contributed by atoms with van der Waals surface area (Å²) in [5, 5.41) is 4.61. The summed E-state index contributed by atoms with van der Waals surface area (Å²) in [6.45, 7) is 4.92. The number of nitrogens with zero attached hydrogens (tertiary/aromatic N) is 2. The number of para-hydroxylation sites is 1. The zero-order chi connectivity index (χ0) is 17.5. The van der Waals surface area contributed by atoms with Gasteiger partial charge in [0.15, 0.2) is 0 Å². The predicted molar refractivity (Wildman–Crippen MR) is 106 cm³/mol.